The normalized spacial score (nSPS) is 11.2. The van der Waals surface area contributed by atoms with Crippen molar-refractivity contribution in [3.8, 4) is 5.82 Å². The molecule has 0 aliphatic rings. The summed E-state index contributed by atoms with van der Waals surface area (Å²) in [6.07, 6.45) is 1.72. The maximum Gasteiger partial charge on any atom is 0.334 e. The molecule has 0 atom stereocenters. The second-order valence-electron chi connectivity index (χ2n) is 3.92. The molecule has 3 rings (SSSR count). The molecule has 6 heteroatoms. The third kappa shape index (κ3) is 1.30. The van der Waals surface area contributed by atoms with Crippen LogP contribution in [0.4, 0.5) is 0 Å². The molecule has 0 saturated heterocycles. The summed E-state index contributed by atoms with van der Waals surface area (Å²) in [5, 5.41) is 7.82. The van der Waals surface area contributed by atoms with Crippen LogP contribution in [-0.2, 0) is 14.1 Å². The Bertz CT molecular complexity index is 749. The van der Waals surface area contributed by atoms with Crippen LogP contribution in [0, 0.1) is 0 Å². The average Bonchev–Trinajstić information content (AvgIpc) is 2.84. The Kier molecular flexibility index (Phi) is 1.91. The topological polar surface area (TPSA) is 57.6 Å². The molecule has 0 amide bonds. The first kappa shape index (κ1) is 9.83. The second kappa shape index (κ2) is 3.31. The van der Waals surface area contributed by atoms with E-state index < -0.39 is 0 Å². The average molecular weight is 229 g/mol. The zero-order chi connectivity index (χ0) is 12.0. The molecule has 0 unspecified atom stereocenters. The molecule has 3 aromatic rings. The van der Waals surface area contributed by atoms with E-state index in [-0.39, 0.29) is 5.69 Å². The Balaban J connectivity index is 2.44. The van der Waals surface area contributed by atoms with Gasteiger partial charge in [0.1, 0.15) is 0 Å². The van der Waals surface area contributed by atoms with Crippen molar-refractivity contribution < 1.29 is 0 Å². The number of imidazole rings is 1. The third-order valence-electron chi connectivity index (χ3n) is 2.78. The van der Waals surface area contributed by atoms with Crippen LogP contribution >= 0.6 is 0 Å². The van der Waals surface area contributed by atoms with Gasteiger partial charge in [-0.05, 0) is 12.1 Å². The number of aromatic nitrogens is 5. The Hall–Kier alpha value is -2.37. The summed E-state index contributed by atoms with van der Waals surface area (Å²) < 4.78 is 4.73. The smallest absolute Gasteiger partial charge is 0.295 e. The summed E-state index contributed by atoms with van der Waals surface area (Å²) in [7, 11) is 3.52. The van der Waals surface area contributed by atoms with Gasteiger partial charge in [0.05, 0.1) is 17.2 Å². The fraction of sp³-hybridized carbons (Fsp3) is 0.182. The predicted octanol–water partition coefficient (Wildman–Crippen LogP) is 0.458. The molecule has 0 N–H and O–H groups in total. The van der Waals surface area contributed by atoms with Crippen molar-refractivity contribution in [2.24, 2.45) is 14.1 Å². The maximum absolute atomic E-state index is 12.1. The lowest BCUT2D eigenvalue weighted by atomic mass is 10.3. The summed E-state index contributed by atoms with van der Waals surface area (Å²) in [6, 6.07) is 7.60. The van der Waals surface area contributed by atoms with Crippen molar-refractivity contribution in [1.29, 1.82) is 0 Å². The van der Waals surface area contributed by atoms with E-state index in [1.165, 1.54) is 0 Å². The largest absolute Gasteiger partial charge is 0.334 e. The highest BCUT2D eigenvalue weighted by molar-refractivity contribution is 5.77. The van der Waals surface area contributed by atoms with Crippen LogP contribution in [0.5, 0.6) is 0 Å². The Morgan fingerprint density at radius 3 is 2.47 bits per heavy atom. The molecule has 6 nitrogen and oxygen atoms in total. The van der Waals surface area contributed by atoms with Crippen molar-refractivity contribution >= 4 is 11.0 Å². The van der Waals surface area contributed by atoms with Crippen LogP contribution in [0.1, 0.15) is 0 Å². The molecular weight excluding hydrogens is 218 g/mol. The number of hydrogen-bond donors (Lipinski definition) is 0. The molecule has 0 aliphatic heterocycles. The van der Waals surface area contributed by atoms with Crippen molar-refractivity contribution in [1.82, 2.24) is 24.1 Å². The lowest BCUT2D eigenvalue weighted by Crippen LogP contribution is -2.21. The third-order valence-corrected chi connectivity index (χ3v) is 2.78. The lowest BCUT2D eigenvalue weighted by molar-refractivity contribution is 0.713. The molecule has 1 aromatic carbocycles. The van der Waals surface area contributed by atoms with Gasteiger partial charge < -0.3 is 0 Å². The SMILES string of the molecule is Cn1cc(-n2c(=O)n(C)c3ccccc32)nn1. The molecule has 0 spiro atoms. The first-order valence-electron chi connectivity index (χ1n) is 5.21. The first-order valence-corrected chi connectivity index (χ1v) is 5.21. The number of nitrogens with zero attached hydrogens (tertiary/aromatic N) is 5. The number of fused-ring (bicyclic) bond motifs is 1. The van der Waals surface area contributed by atoms with Crippen LogP contribution in [0.3, 0.4) is 0 Å². The van der Waals surface area contributed by atoms with Crippen molar-refractivity contribution in [2.45, 2.75) is 0 Å². The quantitative estimate of drug-likeness (QED) is 0.609. The minimum Gasteiger partial charge on any atom is -0.295 e. The predicted molar refractivity (Wildman–Crippen MR) is 63.1 cm³/mol. The van der Waals surface area contributed by atoms with Gasteiger partial charge in [-0.2, -0.15) is 0 Å². The van der Waals surface area contributed by atoms with Crippen LogP contribution in [0.25, 0.3) is 16.9 Å². The highest BCUT2D eigenvalue weighted by Gasteiger charge is 2.13. The zero-order valence-electron chi connectivity index (χ0n) is 9.53. The second-order valence-corrected chi connectivity index (χ2v) is 3.92. The maximum atomic E-state index is 12.1. The Morgan fingerprint density at radius 2 is 1.82 bits per heavy atom. The van der Waals surface area contributed by atoms with E-state index in [2.05, 4.69) is 10.3 Å². The van der Waals surface area contributed by atoms with E-state index in [0.29, 0.717) is 5.82 Å². The zero-order valence-corrected chi connectivity index (χ0v) is 9.53. The van der Waals surface area contributed by atoms with E-state index >= 15 is 0 Å². The number of benzene rings is 1. The van der Waals surface area contributed by atoms with Crippen molar-refractivity contribution in [3.05, 3.63) is 40.9 Å². The molecule has 0 bridgehead atoms. The van der Waals surface area contributed by atoms with Gasteiger partial charge in [-0.1, -0.05) is 17.3 Å². The van der Waals surface area contributed by atoms with Crippen LogP contribution in [0.15, 0.2) is 35.3 Å². The fourth-order valence-electron chi connectivity index (χ4n) is 1.95. The lowest BCUT2D eigenvalue weighted by Gasteiger charge is -1.95. The van der Waals surface area contributed by atoms with Gasteiger partial charge in [-0.3, -0.25) is 9.25 Å². The minimum atomic E-state index is -0.119. The van der Waals surface area contributed by atoms with Crippen LogP contribution in [-0.4, -0.2) is 24.1 Å². The monoisotopic (exact) mass is 229 g/mol. The molecule has 0 aliphatic carbocycles. The fourth-order valence-corrected chi connectivity index (χ4v) is 1.95. The van der Waals surface area contributed by atoms with Gasteiger partial charge in [0.25, 0.3) is 0 Å². The summed E-state index contributed by atoms with van der Waals surface area (Å²) in [4.78, 5) is 12.1. The van der Waals surface area contributed by atoms with Gasteiger partial charge in [-0.25, -0.2) is 9.36 Å². The molecule has 86 valence electrons. The van der Waals surface area contributed by atoms with E-state index in [0.717, 1.165) is 11.0 Å². The van der Waals surface area contributed by atoms with E-state index in [4.69, 9.17) is 0 Å². The highest BCUT2D eigenvalue weighted by Crippen LogP contribution is 2.14. The standard InChI is InChI=1S/C11H11N5O/c1-14-7-10(12-13-14)16-9-6-4-3-5-8(9)15(2)11(16)17/h3-7H,1-2H3. The van der Waals surface area contributed by atoms with Crippen LogP contribution < -0.4 is 5.69 Å². The van der Waals surface area contributed by atoms with Gasteiger partial charge in [0.2, 0.25) is 0 Å². The number of hydrogen-bond acceptors (Lipinski definition) is 3. The van der Waals surface area contributed by atoms with Crippen molar-refractivity contribution in [3.63, 3.8) is 0 Å². The van der Waals surface area contributed by atoms with Crippen LogP contribution in [0.2, 0.25) is 0 Å². The number of aryl methyl sites for hydroxylation is 2. The van der Waals surface area contributed by atoms with Gasteiger partial charge >= 0.3 is 5.69 Å². The van der Waals surface area contributed by atoms with Gasteiger partial charge in [0.15, 0.2) is 5.82 Å². The summed E-state index contributed by atoms with van der Waals surface area (Å²) >= 11 is 0. The molecule has 2 aromatic heterocycles. The number of rotatable bonds is 1. The molecule has 17 heavy (non-hydrogen) atoms. The van der Waals surface area contributed by atoms with Gasteiger partial charge in [0, 0.05) is 14.1 Å². The molecule has 0 radical (unpaired) electrons. The molecule has 0 saturated carbocycles. The summed E-state index contributed by atoms with van der Waals surface area (Å²) in [5.41, 5.74) is 1.59. The van der Waals surface area contributed by atoms with Gasteiger partial charge in [-0.15, -0.1) is 5.10 Å². The number of para-hydroxylation sites is 2. The van der Waals surface area contributed by atoms with E-state index in [1.807, 2.05) is 24.3 Å². The minimum absolute atomic E-state index is 0.119. The molecule has 2 heterocycles. The first-order chi connectivity index (χ1) is 8.18. The van der Waals surface area contributed by atoms with E-state index in [1.54, 1.807) is 34.1 Å². The summed E-state index contributed by atoms with van der Waals surface area (Å²) in [5.74, 6) is 0.536. The van der Waals surface area contributed by atoms with Crippen molar-refractivity contribution in [2.75, 3.05) is 0 Å². The Morgan fingerprint density at radius 1 is 1.12 bits per heavy atom. The Labute approximate surface area is 96.7 Å². The summed E-state index contributed by atoms with van der Waals surface area (Å²) in [6.45, 7) is 0. The molecule has 0 fully saturated rings. The highest BCUT2D eigenvalue weighted by atomic mass is 16.1. The van der Waals surface area contributed by atoms with E-state index in [9.17, 15) is 4.79 Å². The molecular formula is C11H11N5O.